The summed E-state index contributed by atoms with van der Waals surface area (Å²) in [6, 6.07) is 9.50. The molecule has 0 saturated carbocycles. The van der Waals surface area contributed by atoms with Crippen molar-refractivity contribution in [1.82, 2.24) is 10.2 Å². The van der Waals surface area contributed by atoms with Crippen LogP contribution in [0.1, 0.15) is 0 Å². The minimum atomic E-state index is 0.0227. The second-order valence-corrected chi connectivity index (χ2v) is 2.52. The maximum Gasteiger partial charge on any atom is 0.241 e. The van der Waals surface area contributed by atoms with E-state index in [-0.39, 0.29) is 6.61 Å². The van der Waals surface area contributed by atoms with Crippen molar-refractivity contribution < 1.29 is 4.74 Å². The number of para-hydroxylation sites is 1. The monoisotopic (exact) mass is 173 g/mol. The first-order valence-electron chi connectivity index (χ1n) is 3.84. The van der Waals surface area contributed by atoms with Crippen molar-refractivity contribution in [3.63, 3.8) is 0 Å². The van der Waals surface area contributed by atoms with Gasteiger partial charge in [0.25, 0.3) is 0 Å². The lowest BCUT2D eigenvalue weighted by Gasteiger charge is -1.94. The number of nitriles is 1. The Labute approximate surface area is 74.7 Å². The highest BCUT2D eigenvalue weighted by Gasteiger charge is 2.04. The van der Waals surface area contributed by atoms with Gasteiger partial charge in [0.2, 0.25) is 5.88 Å². The SMILES string of the molecule is N#CCOc1n[nH]c2ccccc12. The number of hydrogen-bond donors (Lipinski definition) is 1. The Morgan fingerprint density at radius 3 is 3.15 bits per heavy atom. The fraction of sp³-hybridized carbons (Fsp3) is 0.111. The van der Waals surface area contributed by atoms with Gasteiger partial charge < -0.3 is 4.74 Å². The summed E-state index contributed by atoms with van der Waals surface area (Å²) in [5.74, 6) is 0.483. The summed E-state index contributed by atoms with van der Waals surface area (Å²) < 4.78 is 5.10. The molecular weight excluding hydrogens is 166 g/mol. The van der Waals surface area contributed by atoms with Crippen LogP contribution in [0.3, 0.4) is 0 Å². The normalized spacial score (nSPS) is 9.77. The number of ether oxygens (including phenoxy) is 1. The zero-order chi connectivity index (χ0) is 9.10. The van der Waals surface area contributed by atoms with Crippen molar-refractivity contribution in [2.24, 2.45) is 0 Å². The molecule has 1 heterocycles. The number of fused-ring (bicyclic) bond motifs is 1. The third kappa shape index (κ3) is 1.32. The Hall–Kier alpha value is -2.02. The fourth-order valence-electron chi connectivity index (χ4n) is 1.15. The number of benzene rings is 1. The minimum Gasteiger partial charge on any atom is -0.461 e. The fourth-order valence-corrected chi connectivity index (χ4v) is 1.15. The van der Waals surface area contributed by atoms with Gasteiger partial charge in [-0.05, 0) is 12.1 Å². The van der Waals surface area contributed by atoms with Crippen LogP contribution in [-0.4, -0.2) is 16.8 Å². The molecule has 0 unspecified atom stereocenters. The molecule has 0 aliphatic heterocycles. The Bertz CT molecular complexity index is 455. The highest BCUT2D eigenvalue weighted by Crippen LogP contribution is 2.21. The summed E-state index contributed by atoms with van der Waals surface area (Å²) >= 11 is 0. The van der Waals surface area contributed by atoms with E-state index in [0.717, 1.165) is 10.9 Å². The number of aromatic nitrogens is 2. The van der Waals surface area contributed by atoms with E-state index in [1.807, 2.05) is 30.3 Å². The van der Waals surface area contributed by atoms with E-state index in [2.05, 4.69) is 10.2 Å². The van der Waals surface area contributed by atoms with Crippen LogP contribution in [0.2, 0.25) is 0 Å². The first-order valence-corrected chi connectivity index (χ1v) is 3.84. The van der Waals surface area contributed by atoms with Gasteiger partial charge in [-0.2, -0.15) is 5.26 Å². The van der Waals surface area contributed by atoms with E-state index in [1.54, 1.807) is 0 Å². The lowest BCUT2D eigenvalue weighted by molar-refractivity contribution is 0.356. The van der Waals surface area contributed by atoms with E-state index < -0.39 is 0 Å². The highest BCUT2D eigenvalue weighted by molar-refractivity contribution is 5.83. The first kappa shape index (κ1) is 7.62. The molecule has 0 spiro atoms. The molecule has 0 amide bonds. The van der Waals surface area contributed by atoms with Gasteiger partial charge in [-0.3, -0.25) is 5.10 Å². The summed E-state index contributed by atoms with van der Waals surface area (Å²) in [4.78, 5) is 0. The molecule has 0 bridgehead atoms. The Morgan fingerprint density at radius 2 is 2.31 bits per heavy atom. The van der Waals surface area contributed by atoms with Crippen LogP contribution in [-0.2, 0) is 0 Å². The average molecular weight is 173 g/mol. The van der Waals surface area contributed by atoms with E-state index in [0.29, 0.717) is 5.88 Å². The van der Waals surface area contributed by atoms with Crippen molar-refractivity contribution in [3.05, 3.63) is 24.3 Å². The Balaban J connectivity index is 2.41. The molecule has 0 aliphatic rings. The number of nitrogens with one attached hydrogen (secondary N) is 1. The first-order chi connectivity index (χ1) is 6.42. The van der Waals surface area contributed by atoms with Crippen LogP contribution < -0.4 is 4.74 Å². The van der Waals surface area contributed by atoms with Crippen LogP contribution >= 0.6 is 0 Å². The number of nitrogens with zero attached hydrogens (tertiary/aromatic N) is 2. The van der Waals surface area contributed by atoms with Crippen LogP contribution in [0, 0.1) is 11.3 Å². The Kier molecular flexibility index (Phi) is 1.85. The quantitative estimate of drug-likeness (QED) is 0.747. The third-order valence-electron chi connectivity index (χ3n) is 1.71. The second kappa shape index (κ2) is 3.15. The molecule has 2 rings (SSSR count). The maximum atomic E-state index is 8.32. The molecular formula is C9H7N3O. The molecule has 0 saturated heterocycles. The van der Waals surface area contributed by atoms with Crippen LogP contribution in [0.25, 0.3) is 10.9 Å². The van der Waals surface area contributed by atoms with Crippen molar-refractivity contribution in [1.29, 1.82) is 5.26 Å². The molecule has 1 aromatic heterocycles. The molecule has 4 nitrogen and oxygen atoms in total. The summed E-state index contributed by atoms with van der Waals surface area (Å²) in [6.45, 7) is 0.0227. The number of H-pyrrole nitrogens is 1. The van der Waals surface area contributed by atoms with Gasteiger partial charge in [0.05, 0.1) is 10.9 Å². The summed E-state index contributed by atoms with van der Waals surface area (Å²) in [6.07, 6.45) is 0. The predicted molar refractivity (Wildman–Crippen MR) is 47.2 cm³/mol. The molecule has 13 heavy (non-hydrogen) atoms. The number of hydrogen-bond acceptors (Lipinski definition) is 3. The second-order valence-electron chi connectivity index (χ2n) is 2.52. The average Bonchev–Trinajstić information content (AvgIpc) is 2.58. The van der Waals surface area contributed by atoms with Gasteiger partial charge in [-0.25, -0.2) is 0 Å². The molecule has 1 N–H and O–H groups in total. The van der Waals surface area contributed by atoms with Crippen LogP contribution in [0.5, 0.6) is 5.88 Å². The largest absolute Gasteiger partial charge is 0.461 e. The molecule has 0 aliphatic carbocycles. The zero-order valence-corrected chi connectivity index (χ0v) is 6.82. The van der Waals surface area contributed by atoms with Crippen LogP contribution in [0.15, 0.2) is 24.3 Å². The topological polar surface area (TPSA) is 61.7 Å². The lowest BCUT2D eigenvalue weighted by atomic mass is 10.2. The maximum absolute atomic E-state index is 8.32. The minimum absolute atomic E-state index is 0.0227. The van der Waals surface area contributed by atoms with Crippen LogP contribution in [0.4, 0.5) is 0 Å². The lowest BCUT2D eigenvalue weighted by Crippen LogP contribution is -1.93. The summed E-state index contributed by atoms with van der Waals surface area (Å²) in [5, 5.41) is 16.0. The number of rotatable bonds is 2. The van der Waals surface area contributed by atoms with E-state index in [9.17, 15) is 0 Å². The van der Waals surface area contributed by atoms with Gasteiger partial charge in [0, 0.05) is 0 Å². The molecule has 64 valence electrons. The van der Waals surface area contributed by atoms with E-state index >= 15 is 0 Å². The molecule has 0 atom stereocenters. The van der Waals surface area contributed by atoms with Crippen molar-refractivity contribution in [2.75, 3.05) is 6.61 Å². The van der Waals surface area contributed by atoms with E-state index in [1.165, 1.54) is 0 Å². The number of aromatic amines is 1. The molecule has 2 aromatic rings. The van der Waals surface area contributed by atoms with Crippen molar-refractivity contribution in [2.45, 2.75) is 0 Å². The standard InChI is InChI=1S/C9H7N3O/c10-5-6-13-9-7-3-1-2-4-8(7)11-12-9/h1-4H,6H2,(H,11,12). The van der Waals surface area contributed by atoms with Gasteiger partial charge >= 0.3 is 0 Å². The Morgan fingerprint density at radius 1 is 1.46 bits per heavy atom. The molecule has 0 fully saturated rings. The molecule has 4 heteroatoms. The third-order valence-corrected chi connectivity index (χ3v) is 1.71. The summed E-state index contributed by atoms with van der Waals surface area (Å²) in [5.41, 5.74) is 0.912. The van der Waals surface area contributed by atoms with Gasteiger partial charge in [0.15, 0.2) is 6.61 Å². The highest BCUT2D eigenvalue weighted by atomic mass is 16.5. The van der Waals surface area contributed by atoms with E-state index in [4.69, 9.17) is 10.00 Å². The van der Waals surface area contributed by atoms with Gasteiger partial charge in [-0.1, -0.05) is 12.1 Å². The molecule has 1 aromatic carbocycles. The zero-order valence-electron chi connectivity index (χ0n) is 6.82. The smallest absolute Gasteiger partial charge is 0.241 e. The summed E-state index contributed by atoms with van der Waals surface area (Å²) in [7, 11) is 0. The van der Waals surface area contributed by atoms with Gasteiger partial charge in [0.1, 0.15) is 6.07 Å². The van der Waals surface area contributed by atoms with Gasteiger partial charge in [-0.15, -0.1) is 5.10 Å². The van der Waals surface area contributed by atoms with Crippen molar-refractivity contribution >= 4 is 10.9 Å². The van der Waals surface area contributed by atoms with Crippen molar-refractivity contribution in [3.8, 4) is 11.9 Å². The predicted octanol–water partition coefficient (Wildman–Crippen LogP) is 1.47. The molecule has 0 radical (unpaired) electrons.